The summed E-state index contributed by atoms with van der Waals surface area (Å²) in [5, 5.41) is 0. The van der Waals surface area contributed by atoms with Crippen LogP contribution in [0.15, 0.2) is 73.3 Å². The van der Waals surface area contributed by atoms with Crippen molar-refractivity contribution in [2.75, 3.05) is 0 Å². The summed E-state index contributed by atoms with van der Waals surface area (Å²) in [6.45, 7) is 8.11. The maximum atomic E-state index is 15.7. The fourth-order valence-electron chi connectivity index (χ4n) is 4.12. The Morgan fingerprint density at radius 2 is 1.70 bits per heavy atom. The molecule has 0 saturated carbocycles. The maximum Gasteiger partial charge on any atom is 0.146 e. The van der Waals surface area contributed by atoms with Crippen molar-refractivity contribution in [1.82, 2.24) is 29.3 Å². The number of nitrogens with zero attached hydrogens (tertiary/aromatic N) is 6. The number of halogens is 1. The van der Waals surface area contributed by atoms with E-state index < -0.39 is 5.41 Å². The molecule has 0 fully saturated rings. The van der Waals surface area contributed by atoms with Crippen LogP contribution in [-0.2, 0) is 19.1 Å². The molecule has 0 atom stereocenters. The number of aromatic nitrogens is 6. The monoisotopic (exact) mass is 496 g/mol. The third kappa shape index (κ3) is 5.14. The van der Waals surface area contributed by atoms with Gasteiger partial charge in [-0.2, -0.15) is 4.79 Å². The van der Waals surface area contributed by atoms with E-state index in [1.54, 1.807) is 12.5 Å². The van der Waals surface area contributed by atoms with Crippen molar-refractivity contribution in [3.8, 4) is 39.7 Å². The summed E-state index contributed by atoms with van der Waals surface area (Å²) in [6.07, 6.45) is 5.39. The second kappa shape index (κ2) is 9.61. The van der Waals surface area contributed by atoms with Gasteiger partial charge in [-0.05, 0) is 55.5 Å². The van der Waals surface area contributed by atoms with E-state index in [1.807, 2.05) is 100 Å². The number of aryl methyl sites for hydroxylation is 2. The summed E-state index contributed by atoms with van der Waals surface area (Å²) in [6, 6.07) is 17.1. The molecule has 0 amide bonds. The molecule has 37 heavy (non-hydrogen) atoms. The molecule has 0 aliphatic carbocycles. The van der Waals surface area contributed by atoms with Crippen LogP contribution >= 0.6 is 0 Å². The van der Waals surface area contributed by atoms with Gasteiger partial charge in [0.25, 0.3) is 0 Å². The first-order chi connectivity index (χ1) is 17.7. The molecule has 0 spiro atoms. The number of pyridine rings is 2. The van der Waals surface area contributed by atoms with Crippen molar-refractivity contribution in [1.29, 1.82) is 0 Å². The Labute approximate surface area is 215 Å². The molecule has 0 bridgehead atoms. The van der Waals surface area contributed by atoms with E-state index in [4.69, 9.17) is 9.72 Å². The molecule has 188 valence electrons. The Hall–Kier alpha value is -4.33. The molecule has 0 aliphatic heterocycles. The molecule has 0 aliphatic rings. The minimum atomic E-state index is -0.494. The van der Waals surface area contributed by atoms with E-state index in [0.29, 0.717) is 34.3 Å². The topological polar surface area (TPSA) is 70.7 Å². The molecule has 4 heterocycles. The van der Waals surface area contributed by atoms with Gasteiger partial charge >= 0.3 is 0 Å². The average molecular weight is 497 g/mol. The molecule has 4 aromatic heterocycles. The highest BCUT2D eigenvalue weighted by molar-refractivity contribution is 5.79. The Bertz CT molecular complexity index is 1550. The largest absolute Gasteiger partial charge is 0.487 e. The molecule has 0 unspecified atom stereocenters. The first-order valence-corrected chi connectivity index (χ1v) is 12.1. The Balaban J connectivity index is 1.48. The number of hydrogen-bond acceptors (Lipinski definition) is 5. The lowest BCUT2D eigenvalue weighted by Gasteiger charge is -2.15. The van der Waals surface area contributed by atoms with Crippen molar-refractivity contribution < 1.29 is 9.22 Å². The van der Waals surface area contributed by atoms with E-state index in [0.717, 1.165) is 34.0 Å². The smallest absolute Gasteiger partial charge is 0.146 e. The SMILES string of the molecule is Cc1cccc(-c2c(-c3ccnc(-c4ccc(OCc5cn(C)cn5)cc4)c3)nc(C(C)(C)C)n2F)n1. The molecule has 0 radical (unpaired) electrons. The molecule has 5 aromatic rings. The van der Waals surface area contributed by atoms with Gasteiger partial charge in [0.1, 0.15) is 29.6 Å². The number of rotatable bonds is 6. The highest BCUT2D eigenvalue weighted by atomic mass is 19.2. The van der Waals surface area contributed by atoms with Crippen LogP contribution in [0.25, 0.3) is 33.9 Å². The van der Waals surface area contributed by atoms with Crippen LogP contribution in [0.2, 0.25) is 0 Å². The Morgan fingerprint density at radius 1 is 0.919 bits per heavy atom. The predicted molar refractivity (Wildman–Crippen MR) is 142 cm³/mol. The molecule has 8 heteroatoms. The standard InChI is InChI=1S/C29H29FN6O/c1-19-7-6-8-24(33-19)27-26(34-28(36(27)30)29(2,3)4)21-13-14-31-25(15-21)20-9-11-23(12-10-20)37-17-22-16-35(5)18-32-22/h6-16,18H,17H2,1-5H3. The summed E-state index contributed by atoms with van der Waals surface area (Å²) in [5.74, 6) is 1.08. The van der Waals surface area contributed by atoms with Crippen LogP contribution < -0.4 is 4.74 Å². The van der Waals surface area contributed by atoms with Crippen LogP contribution in [0.1, 0.15) is 38.0 Å². The van der Waals surface area contributed by atoms with E-state index in [2.05, 4.69) is 15.0 Å². The molecule has 7 nitrogen and oxygen atoms in total. The van der Waals surface area contributed by atoms with Gasteiger partial charge in [0.15, 0.2) is 0 Å². The Morgan fingerprint density at radius 3 is 2.38 bits per heavy atom. The Kier molecular flexibility index (Phi) is 6.33. The number of ether oxygens (including phenoxy) is 1. The van der Waals surface area contributed by atoms with Crippen molar-refractivity contribution in [3.63, 3.8) is 0 Å². The lowest BCUT2D eigenvalue weighted by atomic mass is 9.96. The third-order valence-electron chi connectivity index (χ3n) is 5.95. The summed E-state index contributed by atoms with van der Waals surface area (Å²) in [5.41, 5.74) is 5.01. The minimum absolute atomic E-state index is 0.337. The van der Waals surface area contributed by atoms with E-state index in [9.17, 15) is 0 Å². The summed E-state index contributed by atoms with van der Waals surface area (Å²) in [7, 11) is 1.93. The average Bonchev–Trinajstić information content (AvgIpc) is 3.45. The van der Waals surface area contributed by atoms with Gasteiger partial charge in [0.05, 0.1) is 23.4 Å². The lowest BCUT2D eigenvalue weighted by Crippen LogP contribution is -2.16. The van der Waals surface area contributed by atoms with Crippen LogP contribution in [0, 0.1) is 6.92 Å². The van der Waals surface area contributed by atoms with Crippen LogP contribution in [0.5, 0.6) is 5.75 Å². The van der Waals surface area contributed by atoms with Gasteiger partial charge in [-0.25, -0.2) is 9.97 Å². The highest BCUT2D eigenvalue weighted by Gasteiger charge is 2.28. The van der Waals surface area contributed by atoms with Crippen molar-refractivity contribution in [2.45, 2.75) is 39.7 Å². The van der Waals surface area contributed by atoms with Crippen molar-refractivity contribution in [2.24, 2.45) is 7.05 Å². The van der Waals surface area contributed by atoms with E-state index >= 15 is 4.48 Å². The lowest BCUT2D eigenvalue weighted by molar-refractivity contribution is 0.302. The van der Waals surface area contributed by atoms with Gasteiger partial charge in [-0.15, -0.1) is 0 Å². The molecular weight excluding hydrogens is 467 g/mol. The minimum Gasteiger partial charge on any atom is -0.487 e. The quantitative estimate of drug-likeness (QED) is 0.275. The second-order valence-corrected chi connectivity index (χ2v) is 10.1. The first kappa shape index (κ1) is 24.4. The highest BCUT2D eigenvalue weighted by Crippen LogP contribution is 2.37. The normalized spacial score (nSPS) is 11.6. The van der Waals surface area contributed by atoms with Gasteiger partial charge in [-0.1, -0.05) is 31.3 Å². The molecule has 5 rings (SSSR count). The second-order valence-electron chi connectivity index (χ2n) is 10.1. The van der Waals surface area contributed by atoms with Crippen LogP contribution in [0.4, 0.5) is 4.48 Å². The van der Waals surface area contributed by atoms with Gasteiger partial charge in [0.2, 0.25) is 0 Å². The van der Waals surface area contributed by atoms with Gasteiger partial charge in [-0.3, -0.25) is 9.97 Å². The van der Waals surface area contributed by atoms with E-state index in [-0.39, 0.29) is 0 Å². The zero-order valence-electron chi connectivity index (χ0n) is 21.6. The number of imidazole rings is 2. The van der Waals surface area contributed by atoms with Gasteiger partial charge in [0, 0.05) is 41.7 Å². The summed E-state index contributed by atoms with van der Waals surface area (Å²) < 4.78 is 23.5. The van der Waals surface area contributed by atoms with Crippen LogP contribution in [-0.4, -0.2) is 29.3 Å². The zero-order valence-corrected chi connectivity index (χ0v) is 21.6. The summed E-state index contributed by atoms with van der Waals surface area (Å²) >= 11 is 0. The number of hydrogen-bond donors (Lipinski definition) is 0. The van der Waals surface area contributed by atoms with Crippen molar-refractivity contribution in [3.05, 3.63) is 90.5 Å². The fourth-order valence-corrected chi connectivity index (χ4v) is 4.12. The van der Waals surface area contributed by atoms with Crippen LogP contribution in [0.3, 0.4) is 0 Å². The van der Waals surface area contributed by atoms with E-state index in [1.165, 1.54) is 0 Å². The van der Waals surface area contributed by atoms with Crippen molar-refractivity contribution >= 4 is 0 Å². The van der Waals surface area contributed by atoms with Gasteiger partial charge < -0.3 is 9.30 Å². The molecule has 0 saturated heterocycles. The molecule has 0 N–H and O–H groups in total. The molecule has 1 aromatic carbocycles. The maximum absolute atomic E-state index is 15.7. The first-order valence-electron chi connectivity index (χ1n) is 12.1. The third-order valence-corrected chi connectivity index (χ3v) is 5.95. The summed E-state index contributed by atoms with van der Waals surface area (Å²) in [4.78, 5) is 18.8. The predicted octanol–water partition coefficient (Wildman–Crippen LogP) is 6.33. The zero-order chi connectivity index (χ0) is 26.2. The fraction of sp³-hybridized carbons (Fsp3) is 0.241. The molecular formula is C29H29FN6O. The number of benzene rings is 1.